The summed E-state index contributed by atoms with van der Waals surface area (Å²) in [6.45, 7) is 3.63. The van der Waals surface area contributed by atoms with Crippen LogP contribution in [0.1, 0.15) is 21.6 Å². The summed E-state index contributed by atoms with van der Waals surface area (Å²) in [5.41, 5.74) is 9.99. The summed E-state index contributed by atoms with van der Waals surface area (Å²) in [7, 11) is 2.11. The maximum absolute atomic E-state index is 12.0. The van der Waals surface area contributed by atoms with Gasteiger partial charge in [-0.1, -0.05) is 36.4 Å². The van der Waals surface area contributed by atoms with Crippen LogP contribution in [0.3, 0.4) is 0 Å². The van der Waals surface area contributed by atoms with Crippen molar-refractivity contribution in [3.63, 3.8) is 0 Å². The first kappa shape index (κ1) is 19.0. The van der Waals surface area contributed by atoms with Crippen molar-refractivity contribution in [2.75, 3.05) is 38.1 Å². The number of hydrogen-bond acceptors (Lipinski definition) is 4. The van der Waals surface area contributed by atoms with Gasteiger partial charge in [0.25, 0.3) is 5.91 Å². The summed E-state index contributed by atoms with van der Waals surface area (Å²) >= 11 is 0. The fourth-order valence-corrected chi connectivity index (χ4v) is 3.52. The Kier molecular flexibility index (Phi) is 5.44. The van der Waals surface area contributed by atoms with Gasteiger partial charge in [-0.2, -0.15) is 0 Å². The van der Waals surface area contributed by atoms with Gasteiger partial charge >= 0.3 is 0 Å². The summed E-state index contributed by atoms with van der Waals surface area (Å²) in [6.07, 6.45) is 5.80. The molecule has 4 rings (SSSR count). The number of aromatic amines is 1. The molecule has 6 nitrogen and oxygen atoms in total. The van der Waals surface area contributed by atoms with E-state index in [0.717, 1.165) is 54.5 Å². The minimum Gasteiger partial charge on any atom is -0.365 e. The predicted octanol–water partition coefficient (Wildman–Crippen LogP) is 3.10. The third-order valence-electron chi connectivity index (χ3n) is 5.22. The number of nitrogens with zero attached hydrogens (tertiary/aromatic N) is 3. The number of primary amides is 1. The van der Waals surface area contributed by atoms with E-state index in [-0.39, 0.29) is 0 Å². The van der Waals surface area contributed by atoms with Gasteiger partial charge in [0.1, 0.15) is 5.82 Å². The second-order valence-corrected chi connectivity index (χ2v) is 7.31. The van der Waals surface area contributed by atoms with Crippen molar-refractivity contribution in [2.24, 2.45) is 5.73 Å². The van der Waals surface area contributed by atoms with Crippen LogP contribution >= 0.6 is 0 Å². The standard InChI is InChI=1S/C23H25N5O/c1-27-11-13-28(14-12-27)23-20(22(24)29)16-21(26-23)18-9-10-25-19(15-18)8-7-17-5-3-2-4-6-17/h2-10,15-16,26H,11-14H2,1H3,(H2,24,29)/b8-7+. The number of nitrogens with two attached hydrogens (primary N) is 1. The molecule has 1 aromatic carbocycles. The van der Waals surface area contributed by atoms with E-state index in [0.29, 0.717) is 5.56 Å². The zero-order valence-electron chi connectivity index (χ0n) is 16.5. The molecule has 0 unspecified atom stereocenters. The SMILES string of the molecule is CN1CCN(c2[nH]c(-c3ccnc(/C=C/c4ccccc4)c3)cc2C(N)=O)CC1. The van der Waals surface area contributed by atoms with E-state index in [1.54, 1.807) is 6.20 Å². The summed E-state index contributed by atoms with van der Waals surface area (Å²) in [5.74, 6) is 0.387. The molecule has 1 amide bonds. The van der Waals surface area contributed by atoms with Crippen molar-refractivity contribution in [3.8, 4) is 11.3 Å². The van der Waals surface area contributed by atoms with Crippen LogP contribution in [0.25, 0.3) is 23.4 Å². The molecule has 0 saturated carbocycles. The number of likely N-dealkylation sites (N-methyl/N-ethyl adjacent to an activating group) is 1. The van der Waals surface area contributed by atoms with Gasteiger partial charge in [0.2, 0.25) is 0 Å². The Morgan fingerprint density at radius 1 is 1.07 bits per heavy atom. The number of piperazine rings is 1. The topological polar surface area (TPSA) is 78.2 Å². The van der Waals surface area contributed by atoms with Crippen molar-refractivity contribution in [1.82, 2.24) is 14.9 Å². The minimum atomic E-state index is -0.417. The molecule has 0 aliphatic carbocycles. The van der Waals surface area contributed by atoms with Gasteiger partial charge in [0.05, 0.1) is 11.3 Å². The molecule has 3 N–H and O–H groups in total. The number of nitrogens with one attached hydrogen (secondary N) is 1. The molecule has 2 aromatic heterocycles. The highest BCUT2D eigenvalue weighted by atomic mass is 16.1. The second-order valence-electron chi connectivity index (χ2n) is 7.31. The van der Waals surface area contributed by atoms with Crippen LogP contribution < -0.4 is 10.6 Å². The van der Waals surface area contributed by atoms with Gasteiger partial charge in [-0.05, 0) is 36.9 Å². The average molecular weight is 387 g/mol. The minimum absolute atomic E-state index is 0.417. The lowest BCUT2D eigenvalue weighted by atomic mass is 10.1. The number of carbonyl (C=O) groups is 1. The van der Waals surface area contributed by atoms with E-state index in [2.05, 4.69) is 26.8 Å². The fraction of sp³-hybridized carbons (Fsp3) is 0.217. The summed E-state index contributed by atoms with van der Waals surface area (Å²) in [4.78, 5) is 24.4. The van der Waals surface area contributed by atoms with Crippen LogP contribution in [0.5, 0.6) is 0 Å². The summed E-state index contributed by atoms with van der Waals surface area (Å²) in [6, 6.07) is 15.9. The Balaban J connectivity index is 1.62. The monoisotopic (exact) mass is 387 g/mol. The number of amides is 1. The highest BCUT2D eigenvalue weighted by Crippen LogP contribution is 2.28. The lowest BCUT2D eigenvalue weighted by Crippen LogP contribution is -2.45. The molecule has 0 radical (unpaired) electrons. The number of hydrogen-bond donors (Lipinski definition) is 2. The molecule has 1 fully saturated rings. The van der Waals surface area contributed by atoms with E-state index >= 15 is 0 Å². The molecule has 1 aliphatic rings. The first-order valence-corrected chi connectivity index (χ1v) is 9.76. The predicted molar refractivity (Wildman–Crippen MR) is 118 cm³/mol. The quantitative estimate of drug-likeness (QED) is 0.705. The van der Waals surface area contributed by atoms with Gasteiger partial charge in [-0.25, -0.2) is 0 Å². The Morgan fingerprint density at radius 2 is 1.83 bits per heavy atom. The number of rotatable bonds is 5. The fourth-order valence-electron chi connectivity index (χ4n) is 3.52. The van der Waals surface area contributed by atoms with Crippen LogP contribution in [0.4, 0.5) is 5.82 Å². The van der Waals surface area contributed by atoms with Gasteiger partial charge in [0.15, 0.2) is 0 Å². The average Bonchev–Trinajstić information content (AvgIpc) is 3.20. The molecule has 6 heteroatoms. The first-order valence-electron chi connectivity index (χ1n) is 9.76. The second kappa shape index (κ2) is 8.32. The first-order chi connectivity index (χ1) is 14.1. The van der Waals surface area contributed by atoms with Crippen molar-refractivity contribution in [3.05, 3.63) is 71.5 Å². The summed E-state index contributed by atoms with van der Waals surface area (Å²) < 4.78 is 0. The highest BCUT2D eigenvalue weighted by Gasteiger charge is 2.22. The third-order valence-corrected chi connectivity index (χ3v) is 5.22. The zero-order chi connectivity index (χ0) is 20.2. The molecule has 1 aliphatic heterocycles. The molecule has 1 saturated heterocycles. The Labute approximate surface area is 170 Å². The molecule has 0 bridgehead atoms. The van der Waals surface area contributed by atoms with Crippen molar-refractivity contribution >= 4 is 23.9 Å². The maximum Gasteiger partial charge on any atom is 0.252 e. The number of H-pyrrole nitrogens is 1. The Hall–Kier alpha value is -3.38. The highest BCUT2D eigenvalue weighted by molar-refractivity contribution is 5.99. The van der Waals surface area contributed by atoms with Crippen molar-refractivity contribution in [2.45, 2.75) is 0 Å². The molecule has 3 aromatic rings. The number of carbonyl (C=O) groups excluding carboxylic acids is 1. The lowest BCUT2D eigenvalue weighted by molar-refractivity contribution is 0.100. The van der Waals surface area contributed by atoms with Crippen LogP contribution in [0.2, 0.25) is 0 Å². The van der Waals surface area contributed by atoms with Gasteiger partial charge in [-0.3, -0.25) is 9.78 Å². The van der Waals surface area contributed by atoms with Crippen LogP contribution in [0.15, 0.2) is 54.7 Å². The van der Waals surface area contributed by atoms with E-state index < -0.39 is 5.91 Å². The van der Waals surface area contributed by atoms with Gasteiger partial charge in [-0.15, -0.1) is 0 Å². The van der Waals surface area contributed by atoms with Crippen molar-refractivity contribution < 1.29 is 4.79 Å². The molecule has 3 heterocycles. The third kappa shape index (κ3) is 4.38. The van der Waals surface area contributed by atoms with E-state index in [1.165, 1.54) is 0 Å². The number of aromatic nitrogens is 2. The number of pyridine rings is 1. The molecule has 148 valence electrons. The van der Waals surface area contributed by atoms with Gasteiger partial charge in [0, 0.05) is 43.6 Å². The molecule has 0 spiro atoms. The Bertz CT molecular complexity index is 1020. The molecular weight excluding hydrogens is 362 g/mol. The van der Waals surface area contributed by atoms with Gasteiger partial charge < -0.3 is 20.5 Å². The van der Waals surface area contributed by atoms with Crippen LogP contribution in [-0.2, 0) is 0 Å². The summed E-state index contributed by atoms with van der Waals surface area (Å²) in [5, 5.41) is 0. The number of anilines is 1. The molecule has 29 heavy (non-hydrogen) atoms. The lowest BCUT2D eigenvalue weighted by Gasteiger charge is -2.33. The largest absolute Gasteiger partial charge is 0.365 e. The zero-order valence-corrected chi connectivity index (χ0v) is 16.5. The van der Waals surface area contributed by atoms with Crippen molar-refractivity contribution in [1.29, 1.82) is 0 Å². The molecular formula is C23H25N5O. The van der Waals surface area contributed by atoms with E-state index in [4.69, 9.17) is 5.73 Å². The Morgan fingerprint density at radius 3 is 2.55 bits per heavy atom. The van der Waals surface area contributed by atoms with Crippen LogP contribution in [-0.4, -0.2) is 54.0 Å². The molecule has 0 atom stereocenters. The van der Waals surface area contributed by atoms with E-state index in [9.17, 15) is 4.79 Å². The maximum atomic E-state index is 12.0. The normalized spacial score (nSPS) is 15.1. The van der Waals surface area contributed by atoms with Crippen LogP contribution in [0, 0.1) is 0 Å². The van der Waals surface area contributed by atoms with E-state index in [1.807, 2.05) is 60.7 Å². The number of benzene rings is 1. The smallest absolute Gasteiger partial charge is 0.252 e.